The molecule has 0 atom stereocenters. The summed E-state index contributed by atoms with van der Waals surface area (Å²) in [7, 11) is 3.02. The summed E-state index contributed by atoms with van der Waals surface area (Å²) in [4.78, 5) is 40.5. The number of hydrogen-bond acceptors (Lipinski definition) is 5. The molecule has 3 aromatic rings. The first-order chi connectivity index (χ1) is 16.2. The molecule has 0 spiro atoms. The summed E-state index contributed by atoms with van der Waals surface area (Å²) in [6.07, 6.45) is 0. The quantitative estimate of drug-likeness (QED) is 0.178. The zero-order valence-corrected chi connectivity index (χ0v) is 23.9. The number of carbonyl (C=O) groups excluding carboxylic acids is 3. The van der Waals surface area contributed by atoms with Gasteiger partial charge in [0.05, 0.1) is 36.7 Å². The van der Waals surface area contributed by atoms with Gasteiger partial charge in [-0.25, -0.2) is 4.90 Å². The number of methoxy groups -OCH3 is 2. The van der Waals surface area contributed by atoms with Gasteiger partial charge in [-0.2, -0.15) is 0 Å². The normalized spacial score (nSPS) is 12.6. The second-order valence-corrected chi connectivity index (χ2v) is 10.2. The van der Waals surface area contributed by atoms with Gasteiger partial charge in [0.25, 0.3) is 17.7 Å². The zero-order chi connectivity index (χ0) is 24.7. The number of carbonyl (C=O) groups is 3. The second-order valence-electron chi connectivity index (χ2n) is 7.02. The van der Waals surface area contributed by atoms with E-state index in [1.165, 1.54) is 20.3 Å². The second kappa shape index (κ2) is 9.80. The van der Waals surface area contributed by atoms with Gasteiger partial charge >= 0.3 is 0 Å². The Morgan fingerprint density at radius 2 is 1.44 bits per heavy atom. The summed E-state index contributed by atoms with van der Waals surface area (Å²) in [5, 5.41) is 2.78. The Bertz CT molecular complexity index is 1330. The minimum absolute atomic E-state index is 0.227. The van der Waals surface area contributed by atoms with Gasteiger partial charge in [-0.1, -0.05) is 6.07 Å². The average molecular weight is 718 g/mol. The molecule has 3 amide bonds. The molecule has 1 heterocycles. The zero-order valence-electron chi connectivity index (χ0n) is 17.5. The van der Waals surface area contributed by atoms with Gasteiger partial charge in [0.15, 0.2) is 0 Å². The largest absolute Gasteiger partial charge is 0.497 e. The molecule has 11 heteroatoms. The molecule has 7 nitrogen and oxygen atoms in total. The topological polar surface area (TPSA) is 84.9 Å². The molecule has 174 valence electrons. The predicted octanol–water partition coefficient (Wildman–Crippen LogP) is 6.81. The highest BCUT2D eigenvalue weighted by molar-refractivity contribution is 9.15. The molecule has 0 saturated heterocycles. The molecule has 1 aliphatic heterocycles. The Hall–Kier alpha value is -2.21. The molecule has 1 aliphatic rings. The highest BCUT2D eigenvalue weighted by Gasteiger charge is 2.42. The van der Waals surface area contributed by atoms with Crippen molar-refractivity contribution in [3.63, 3.8) is 0 Å². The van der Waals surface area contributed by atoms with Gasteiger partial charge in [0.2, 0.25) is 0 Å². The van der Waals surface area contributed by atoms with Crippen LogP contribution in [0, 0.1) is 0 Å². The highest BCUT2D eigenvalue weighted by atomic mass is 79.9. The summed E-state index contributed by atoms with van der Waals surface area (Å²) >= 11 is 13.6. The lowest BCUT2D eigenvalue weighted by atomic mass is 10.1. The third kappa shape index (κ3) is 4.19. The summed E-state index contributed by atoms with van der Waals surface area (Å²) < 4.78 is 12.6. The Balaban J connectivity index is 1.68. The van der Waals surface area contributed by atoms with Crippen LogP contribution in [0.3, 0.4) is 0 Å². The molecule has 0 bridgehead atoms. The van der Waals surface area contributed by atoms with Crippen molar-refractivity contribution < 1.29 is 23.9 Å². The standard InChI is InChI=1S/C23H14Br4N2O5/c1-33-12-6-7-13(14(9-12)34-2)28-21(30)10-4-3-5-11(8-10)29-22(31)15-16(23(29)32)18(25)20(27)19(26)17(15)24/h3-9H,1-2H3,(H,28,30). The van der Waals surface area contributed by atoms with E-state index in [9.17, 15) is 14.4 Å². The van der Waals surface area contributed by atoms with E-state index in [4.69, 9.17) is 9.47 Å². The number of anilines is 2. The van der Waals surface area contributed by atoms with Gasteiger partial charge in [0, 0.05) is 29.5 Å². The summed E-state index contributed by atoms with van der Waals surface area (Å²) in [5.74, 6) is -0.437. The number of hydrogen-bond donors (Lipinski definition) is 1. The molecule has 0 radical (unpaired) electrons. The number of nitrogens with zero attached hydrogens (tertiary/aromatic N) is 1. The van der Waals surface area contributed by atoms with Crippen molar-refractivity contribution in [2.24, 2.45) is 0 Å². The van der Waals surface area contributed by atoms with Crippen molar-refractivity contribution >= 4 is 92.8 Å². The smallest absolute Gasteiger partial charge is 0.267 e. The van der Waals surface area contributed by atoms with Crippen LogP contribution >= 0.6 is 63.7 Å². The lowest BCUT2D eigenvalue weighted by Gasteiger charge is -2.16. The first-order valence-electron chi connectivity index (χ1n) is 9.57. The fourth-order valence-electron chi connectivity index (χ4n) is 3.47. The van der Waals surface area contributed by atoms with Crippen molar-refractivity contribution in [3.05, 3.63) is 77.0 Å². The fourth-order valence-corrected chi connectivity index (χ4v) is 5.92. The lowest BCUT2D eigenvalue weighted by Crippen LogP contribution is -2.29. The van der Waals surface area contributed by atoms with Crippen LogP contribution in [0.4, 0.5) is 11.4 Å². The van der Waals surface area contributed by atoms with Gasteiger partial charge < -0.3 is 14.8 Å². The summed E-state index contributed by atoms with van der Waals surface area (Å²) in [5.41, 5.74) is 1.43. The summed E-state index contributed by atoms with van der Waals surface area (Å²) in [6, 6.07) is 11.3. The minimum atomic E-state index is -0.504. The predicted molar refractivity (Wildman–Crippen MR) is 142 cm³/mol. The maximum Gasteiger partial charge on any atom is 0.267 e. The Kier molecular flexibility index (Phi) is 7.18. The van der Waals surface area contributed by atoms with Crippen molar-refractivity contribution in [1.82, 2.24) is 0 Å². The van der Waals surface area contributed by atoms with E-state index in [-0.39, 0.29) is 22.4 Å². The highest BCUT2D eigenvalue weighted by Crippen LogP contribution is 2.46. The number of amides is 3. The molecule has 0 saturated carbocycles. The van der Waals surface area contributed by atoms with E-state index in [1.807, 2.05) is 0 Å². The maximum absolute atomic E-state index is 13.2. The van der Waals surface area contributed by atoms with E-state index in [0.29, 0.717) is 35.1 Å². The Labute approximate surface area is 228 Å². The molecule has 34 heavy (non-hydrogen) atoms. The minimum Gasteiger partial charge on any atom is -0.497 e. The lowest BCUT2D eigenvalue weighted by molar-refractivity contribution is 0.0923. The van der Waals surface area contributed by atoms with E-state index < -0.39 is 17.7 Å². The molecule has 4 rings (SSSR count). The molecule has 3 aromatic carbocycles. The average Bonchev–Trinajstić information content (AvgIpc) is 3.11. The SMILES string of the molecule is COc1ccc(NC(=O)c2cccc(N3C(=O)c4c(Br)c(Br)c(Br)c(Br)c4C3=O)c2)c(OC)c1. The van der Waals surface area contributed by atoms with Crippen molar-refractivity contribution in [2.75, 3.05) is 24.4 Å². The van der Waals surface area contributed by atoms with Gasteiger partial charge in [-0.15, -0.1) is 0 Å². The van der Waals surface area contributed by atoms with E-state index in [2.05, 4.69) is 69.0 Å². The number of benzene rings is 3. The third-order valence-electron chi connectivity index (χ3n) is 5.12. The van der Waals surface area contributed by atoms with Gasteiger partial charge in [0.1, 0.15) is 11.5 Å². The molecule has 0 fully saturated rings. The molecular weight excluding hydrogens is 704 g/mol. The molecular formula is C23H14Br4N2O5. The van der Waals surface area contributed by atoms with Crippen LogP contribution in [0.5, 0.6) is 11.5 Å². The number of imide groups is 1. The monoisotopic (exact) mass is 714 g/mol. The maximum atomic E-state index is 13.2. The van der Waals surface area contributed by atoms with E-state index in [0.717, 1.165) is 4.90 Å². The van der Waals surface area contributed by atoms with Crippen LogP contribution in [0.15, 0.2) is 60.4 Å². The first kappa shape index (κ1) is 24.9. The third-order valence-corrected chi connectivity index (χ3v) is 9.89. The Morgan fingerprint density at radius 3 is 2.00 bits per heavy atom. The number of ether oxygens (including phenoxy) is 2. The molecule has 0 aliphatic carbocycles. The van der Waals surface area contributed by atoms with Crippen LogP contribution in [0.2, 0.25) is 0 Å². The van der Waals surface area contributed by atoms with Crippen LogP contribution in [0.25, 0.3) is 0 Å². The van der Waals surface area contributed by atoms with Crippen molar-refractivity contribution in [1.29, 1.82) is 0 Å². The Morgan fingerprint density at radius 1 is 0.824 bits per heavy atom. The van der Waals surface area contributed by atoms with Gasteiger partial charge in [-0.05, 0) is 94.1 Å². The van der Waals surface area contributed by atoms with E-state index in [1.54, 1.807) is 36.4 Å². The van der Waals surface area contributed by atoms with Crippen molar-refractivity contribution in [2.45, 2.75) is 0 Å². The summed E-state index contributed by atoms with van der Waals surface area (Å²) in [6.45, 7) is 0. The van der Waals surface area contributed by atoms with E-state index >= 15 is 0 Å². The number of halogens is 4. The fraction of sp³-hybridized carbons (Fsp3) is 0.0870. The molecule has 1 N–H and O–H groups in total. The van der Waals surface area contributed by atoms with Crippen LogP contribution in [0.1, 0.15) is 31.1 Å². The first-order valence-corrected chi connectivity index (χ1v) is 12.7. The number of fused-ring (bicyclic) bond motifs is 1. The van der Waals surface area contributed by atoms with Crippen molar-refractivity contribution in [3.8, 4) is 11.5 Å². The molecule has 0 unspecified atom stereocenters. The van der Waals surface area contributed by atoms with Gasteiger partial charge in [-0.3, -0.25) is 14.4 Å². The number of nitrogens with one attached hydrogen (secondary N) is 1. The number of rotatable bonds is 5. The van der Waals surface area contributed by atoms with Crippen LogP contribution < -0.4 is 19.7 Å². The molecule has 0 aromatic heterocycles. The van der Waals surface area contributed by atoms with Crippen LogP contribution in [-0.2, 0) is 0 Å². The van der Waals surface area contributed by atoms with Crippen LogP contribution in [-0.4, -0.2) is 31.9 Å².